The molecule has 3 rings (SSSR count). The molecule has 2 aliphatic rings. The highest BCUT2D eigenvalue weighted by Gasteiger charge is 2.41. The number of hydrogen-bond acceptors (Lipinski definition) is 4. The molecule has 6 nitrogen and oxygen atoms in total. The molecule has 1 aromatic heterocycles. The summed E-state index contributed by atoms with van der Waals surface area (Å²) < 4.78 is 29.2. The van der Waals surface area contributed by atoms with Crippen molar-refractivity contribution in [1.82, 2.24) is 19.0 Å². The first-order chi connectivity index (χ1) is 10.1. The van der Waals surface area contributed by atoms with E-state index in [0.29, 0.717) is 24.0 Å². The Labute approximate surface area is 126 Å². The lowest BCUT2D eigenvalue weighted by molar-refractivity contribution is 0.106. The molecule has 0 aliphatic carbocycles. The van der Waals surface area contributed by atoms with Crippen LogP contribution in [0.1, 0.15) is 33.1 Å². The van der Waals surface area contributed by atoms with Gasteiger partial charge in [-0.3, -0.25) is 9.58 Å². The molecule has 7 heteroatoms. The molecule has 1 aromatic rings. The second kappa shape index (κ2) is 5.70. The quantitative estimate of drug-likeness (QED) is 0.837. The van der Waals surface area contributed by atoms with E-state index in [-0.39, 0.29) is 6.04 Å². The van der Waals surface area contributed by atoms with Gasteiger partial charge in [-0.2, -0.15) is 9.40 Å². The highest BCUT2D eigenvalue weighted by atomic mass is 32.2. The van der Waals surface area contributed by atoms with Gasteiger partial charge < -0.3 is 0 Å². The average Bonchev–Trinajstić information content (AvgIpc) is 3.14. The topological polar surface area (TPSA) is 58.4 Å². The summed E-state index contributed by atoms with van der Waals surface area (Å²) in [6, 6.07) is 0.470. The van der Waals surface area contributed by atoms with E-state index in [9.17, 15) is 8.42 Å². The third-order valence-corrected chi connectivity index (χ3v) is 6.62. The standard InChI is InChI=1S/C14H24N4O2S/c1-3-12-9-16-7-5-6-13(16)10-18(12)21(19,20)14-8-15-17(4-2)11-14/h8,11-13H,3-7,9-10H2,1-2H3/t12-,13+/m0/s1. The SMILES string of the molecule is CC[C@H]1CN2CCC[C@@H]2CN1S(=O)(=O)c1cnn(CC)c1. The lowest BCUT2D eigenvalue weighted by Gasteiger charge is -2.42. The summed E-state index contributed by atoms with van der Waals surface area (Å²) in [5.74, 6) is 0. The van der Waals surface area contributed by atoms with Crippen molar-refractivity contribution >= 4 is 10.0 Å². The van der Waals surface area contributed by atoms with E-state index < -0.39 is 10.0 Å². The second-order valence-corrected chi connectivity index (χ2v) is 7.85. The van der Waals surface area contributed by atoms with E-state index in [0.717, 1.165) is 25.9 Å². The first kappa shape index (κ1) is 15.0. The van der Waals surface area contributed by atoms with Gasteiger partial charge in [0.1, 0.15) is 4.90 Å². The fraction of sp³-hybridized carbons (Fsp3) is 0.786. The summed E-state index contributed by atoms with van der Waals surface area (Å²) in [7, 11) is -3.43. The van der Waals surface area contributed by atoms with Gasteiger partial charge in [0.2, 0.25) is 10.0 Å². The molecule has 2 atom stereocenters. The van der Waals surface area contributed by atoms with Crippen LogP contribution in [0.3, 0.4) is 0 Å². The van der Waals surface area contributed by atoms with E-state index in [2.05, 4.69) is 16.9 Å². The Morgan fingerprint density at radius 2 is 2.14 bits per heavy atom. The first-order valence-electron chi connectivity index (χ1n) is 7.84. The van der Waals surface area contributed by atoms with Crippen molar-refractivity contribution in [3.63, 3.8) is 0 Å². The third-order valence-electron chi connectivity index (χ3n) is 4.75. The van der Waals surface area contributed by atoms with Gasteiger partial charge in [0.15, 0.2) is 0 Å². The summed E-state index contributed by atoms with van der Waals surface area (Å²) in [6.07, 6.45) is 6.26. The molecule has 2 aliphatic heterocycles. The van der Waals surface area contributed by atoms with Crippen LogP contribution in [0.25, 0.3) is 0 Å². The van der Waals surface area contributed by atoms with Gasteiger partial charge in [0, 0.05) is 37.9 Å². The average molecular weight is 312 g/mol. The lowest BCUT2D eigenvalue weighted by Crippen LogP contribution is -2.57. The molecular formula is C14H24N4O2S. The second-order valence-electron chi connectivity index (χ2n) is 5.96. The molecule has 0 saturated carbocycles. The van der Waals surface area contributed by atoms with Gasteiger partial charge in [0.25, 0.3) is 0 Å². The van der Waals surface area contributed by atoms with Gasteiger partial charge in [-0.25, -0.2) is 8.42 Å². The Morgan fingerprint density at radius 1 is 1.33 bits per heavy atom. The molecule has 0 spiro atoms. The number of nitrogens with zero attached hydrogens (tertiary/aromatic N) is 4. The van der Waals surface area contributed by atoms with Crippen molar-refractivity contribution in [2.45, 2.75) is 56.6 Å². The minimum Gasteiger partial charge on any atom is -0.297 e. The van der Waals surface area contributed by atoms with Gasteiger partial charge in [-0.15, -0.1) is 0 Å². The first-order valence-corrected chi connectivity index (χ1v) is 9.28. The Hall–Kier alpha value is -0.920. The Balaban J connectivity index is 1.88. The number of fused-ring (bicyclic) bond motifs is 1. The number of aromatic nitrogens is 2. The van der Waals surface area contributed by atoms with Gasteiger partial charge >= 0.3 is 0 Å². The van der Waals surface area contributed by atoms with E-state index >= 15 is 0 Å². The Kier molecular flexibility index (Phi) is 4.07. The molecule has 21 heavy (non-hydrogen) atoms. The molecule has 0 radical (unpaired) electrons. The zero-order chi connectivity index (χ0) is 15.0. The fourth-order valence-corrected chi connectivity index (χ4v) is 5.16. The smallest absolute Gasteiger partial charge is 0.246 e. The maximum atomic E-state index is 12.9. The summed E-state index contributed by atoms with van der Waals surface area (Å²) in [5.41, 5.74) is 0. The fourth-order valence-electron chi connectivity index (χ4n) is 3.47. The van der Waals surface area contributed by atoms with Crippen LogP contribution in [0.5, 0.6) is 0 Å². The minimum atomic E-state index is -3.43. The molecule has 118 valence electrons. The van der Waals surface area contributed by atoms with E-state index in [4.69, 9.17) is 0 Å². The van der Waals surface area contributed by atoms with Crippen LogP contribution in [0.2, 0.25) is 0 Å². The number of piperazine rings is 1. The van der Waals surface area contributed by atoms with E-state index in [1.165, 1.54) is 12.6 Å². The van der Waals surface area contributed by atoms with E-state index in [1.807, 2.05) is 6.92 Å². The number of sulfonamides is 1. The van der Waals surface area contributed by atoms with Crippen LogP contribution in [-0.4, -0.2) is 59.1 Å². The monoisotopic (exact) mass is 312 g/mol. The molecule has 0 amide bonds. The zero-order valence-corrected chi connectivity index (χ0v) is 13.6. The lowest BCUT2D eigenvalue weighted by atomic mass is 10.1. The maximum absolute atomic E-state index is 12.9. The van der Waals surface area contributed by atoms with Crippen molar-refractivity contribution < 1.29 is 8.42 Å². The normalized spacial score (nSPS) is 27.9. The molecular weight excluding hydrogens is 288 g/mol. The summed E-state index contributed by atoms with van der Waals surface area (Å²) in [5, 5.41) is 4.11. The number of aryl methyl sites for hydroxylation is 1. The molecule has 2 saturated heterocycles. The maximum Gasteiger partial charge on any atom is 0.246 e. The molecule has 3 heterocycles. The van der Waals surface area contributed by atoms with Crippen molar-refractivity contribution in [2.24, 2.45) is 0 Å². The van der Waals surface area contributed by atoms with Gasteiger partial charge in [-0.05, 0) is 32.7 Å². The predicted octanol–water partition coefficient (Wildman–Crippen LogP) is 1.15. The Bertz CT molecular complexity index is 598. The van der Waals surface area contributed by atoms with Crippen molar-refractivity contribution in [2.75, 3.05) is 19.6 Å². The summed E-state index contributed by atoms with van der Waals surface area (Å²) >= 11 is 0. The predicted molar refractivity (Wildman–Crippen MR) is 80.5 cm³/mol. The van der Waals surface area contributed by atoms with Crippen LogP contribution in [-0.2, 0) is 16.6 Å². The van der Waals surface area contributed by atoms with Crippen LogP contribution in [0.15, 0.2) is 17.3 Å². The van der Waals surface area contributed by atoms with Crippen molar-refractivity contribution in [3.8, 4) is 0 Å². The largest absolute Gasteiger partial charge is 0.297 e. The molecule has 0 aromatic carbocycles. The molecule has 0 N–H and O–H groups in total. The number of hydrogen-bond donors (Lipinski definition) is 0. The summed E-state index contributed by atoms with van der Waals surface area (Å²) in [4.78, 5) is 2.78. The molecule has 2 fully saturated rings. The summed E-state index contributed by atoms with van der Waals surface area (Å²) in [6.45, 7) is 7.31. The van der Waals surface area contributed by atoms with Crippen LogP contribution in [0.4, 0.5) is 0 Å². The highest BCUT2D eigenvalue weighted by molar-refractivity contribution is 7.89. The van der Waals surface area contributed by atoms with Crippen molar-refractivity contribution in [3.05, 3.63) is 12.4 Å². The zero-order valence-electron chi connectivity index (χ0n) is 12.8. The van der Waals surface area contributed by atoms with Crippen LogP contribution >= 0.6 is 0 Å². The number of rotatable bonds is 4. The van der Waals surface area contributed by atoms with Gasteiger partial charge in [0.05, 0.1) is 6.20 Å². The highest BCUT2D eigenvalue weighted by Crippen LogP contribution is 2.30. The van der Waals surface area contributed by atoms with Crippen LogP contribution in [0, 0.1) is 0 Å². The Morgan fingerprint density at radius 3 is 2.81 bits per heavy atom. The van der Waals surface area contributed by atoms with Crippen molar-refractivity contribution in [1.29, 1.82) is 0 Å². The minimum absolute atomic E-state index is 0.0781. The van der Waals surface area contributed by atoms with Crippen LogP contribution < -0.4 is 0 Å². The molecule has 0 bridgehead atoms. The van der Waals surface area contributed by atoms with E-state index in [1.54, 1.807) is 15.2 Å². The third kappa shape index (κ3) is 2.62. The molecule has 0 unspecified atom stereocenters. The van der Waals surface area contributed by atoms with Gasteiger partial charge in [-0.1, -0.05) is 6.92 Å².